The van der Waals surface area contributed by atoms with Crippen LogP contribution in [0.3, 0.4) is 0 Å². The molecule has 0 radical (unpaired) electrons. The van der Waals surface area contributed by atoms with Crippen LogP contribution in [-0.2, 0) is 23.0 Å². The van der Waals surface area contributed by atoms with Crippen molar-refractivity contribution in [3.05, 3.63) is 53.6 Å². The van der Waals surface area contributed by atoms with Crippen molar-refractivity contribution in [3.8, 4) is 0 Å². The lowest BCUT2D eigenvalue weighted by Gasteiger charge is -2.21. The summed E-state index contributed by atoms with van der Waals surface area (Å²) < 4.78 is 26.9. The van der Waals surface area contributed by atoms with Gasteiger partial charge >= 0.3 is 0 Å². The molecule has 0 spiro atoms. The van der Waals surface area contributed by atoms with Gasteiger partial charge in [-0.05, 0) is 47.9 Å². The molecule has 0 aromatic heterocycles. The third kappa shape index (κ3) is 3.98. The Kier molecular flexibility index (Phi) is 6.55. The van der Waals surface area contributed by atoms with Crippen molar-refractivity contribution in [1.29, 1.82) is 0 Å². The third-order valence-corrected chi connectivity index (χ3v) is 6.76. The zero-order valence-electron chi connectivity index (χ0n) is 15.2. The Balaban J connectivity index is 0.00000243. The number of sulfonamides is 1. The van der Waals surface area contributed by atoms with Crippen LogP contribution in [0.25, 0.3) is 0 Å². The fourth-order valence-corrected chi connectivity index (χ4v) is 4.90. The van der Waals surface area contributed by atoms with Crippen LogP contribution in [-0.4, -0.2) is 32.4 Å². The Bertz CT molecular complexity index is 867. The maximum absolute atomic E-state index is 12.7. The fraction of sp³-hybridized carbons (Fsp3) is 0.368. The summed E-state index contributed by atoms with van der Waals surface area (Å²) in [5, 5.41) is 0. The van der Waals surface area contributed by atoms with Crippen molar-refractivity contribution < 1.29 is 8.42 Å². The molecule has 3 rings (SSSR count). The molecule has 0 aliphatic carbocycles. The predicted molar refractivity (Wildman–Crippen MR) is 109 cm³/mol. The summed E-state index contributed by atoms with van der Waals surface area (Å²) in [7, 11) is -3.41. The molecule has 1 aliphatic heterocycles. The van der Waals surface area contributed by atoms with E-state index in [1.807, 2.05) is 44.2 Å². The van der Waals surface area contributed by atoms with Crippen LogP contribution in [0.4, 0.5) is 11.4 Å². The van der Waals surface area contributed by atoms with Gasteiger partial charge in [-0.15, -0.1) is 12.4 Å². The lowest BCUT2D eigenvalue weighted by Crippen LogP contribution is -2.30. The molecule has 0 unspecified atom stereocenters. The Hall–Kier alpha value is -1.76. The summed E-state index contributed by atoms with van der Waals surface area (Å²) in [4.78, 5) is 2.67. The minimum Gasteiger partial charge on any atom is -0.399 e. The summed E-state index contributed by atoms with van der Waals surface area (Å²) in [5.74, 6) is 0. The second-order valence-corrected chi connectivity index (χ2v) is 8.23. The van der Waals surface area contributed by atoms with E-state index in [9.17, 15) is 8.42 Å². The Morgan fingerprint density at radius 2 is 1.85 bits per heavy atom. The zero-order valence-corrected chi connectivity index (χ0v) is 16.8. The second-order valence-electron chi connectivity index (χ2n) is 6.30. The molecule has 26 heavy (non-hydrogen) atoms. The van der Waals surface area contributed by atoms with Gasteiger partial charge in [0.1, 0.15) is 0 Å². The second kappa shape index (κ2) is 8.29. The largest absolute Gasteiger partial charge is 0.399 e. The highest BCUT2D eigenvalue weighted by atomic mass is 35.5. The Morgan fingerprint density at radius 1 is 1.12 bits per heavy atom. The van der Waals surface area contributed by atoms with Crippen LogP contribution in [0, 0.1) is 0 Å². The van der Waals surface area contributed by atoms with Gasteiger partial charge in [0.2, 0.25) is 10.0 Å². The number of hydrogen-bond acceptors (Lipinski definition) is 4. The van der Waals surface area contributed by atoms with Crippen LogP contribution in [0.15, 0.2) is 47.4 Å². The molecule has 0 saturated carbocycles. The number of halogens is 1. The molecule has 0 saturated heterocycles. The fourth-order valence-electron chi connectivity index (χ4n) is 3.40. The number of nitrogen functional groups attached to an aromatic ring is 1. The monoisotopic (exact) mass is 395 g/mol. The minimum atomic E-state index is -3.41. The van der Waals surface area contributed by atoms with E-state index in [2.05, 4.69) is 11.0 Å². The summed E-state index contributed by atoms with van der Waals surface area (Å²) in [6.45, 7) is 6.36. The van der Waals surface area contributed by atoms with E-state index in [1.54, 1.807) is 6.07 Å². The van der Waals surface area contributed by atoms with Crippen LogP contribution in [0.5, 0.6) is 0 Å². The SMILES string of the molecule is CCN(CC)S(=O)(=O)c1ccc2c(c1)CCN2Cc1cccc(N)c1.Cl. The molecule has 142 valence electrons. The molecule has 0 atom stereocenters. The number of nitrogens with two attached hydrogens (primary N) is 1. The molecule has 1 heterocycles. The number of fused-ring (bicyclic) bond motifs is 1. The molecule has 1 aliphatic rings. The molecule has 2 N–H and O–H groups in total. The number of rotatable bonds is 6. The lowest BCUT2D eigenvalue weighted by atomic mass is 10.1. The third-order valence-electron chi connectivity index (χ3n) is 4.71. The van der Waals surface area contributed by atoms with E-state index in [0.717, 1.165) is 42.0 Å². The highest BCUT2D eigenvalue weighted by Crippen LogP contribution is 2.32. The number of hydrogen-bond donors (Lipinski definition) is 1. The molecule has 0 bridgehead atoms. The van der Waals surface area contributed by atoms with Crippen molar-refractivity contribution >= 4 is 33.8 Å². The average molecular weight is 396 g/mol. The maximum atomic E-state index is 12.7. The van der Waals surface area contributed by atoms with Gasteiger partial charge in [-0.25, -0.2) is 8.42 Å². The van der Waals surface area contributed by atoms with Crippen molar-refractivity contribution in [1.82, 2.24) is 4.31 Å². The topological polar surface area (TPSA) is 66.6 Å². The molecule has 0 amide bonds. The van der Waals surface area contributed by atoms with Crippen molar-refractivity contribution in [3.63, 3.8) is 0 Å². The maximum Gasteiger partial charge on any atom is 0.243 e. The summed E-state index contributed by atoms with van der Waals surface area (Å²) in [6, 6.07) is 13.4. The first-order valence-electron chi connectivity index (χ1n) is 8.68. The first-order valence-corrected chi connectivity index (χ1v) is 10.1. The Labute approximate surface area is 162 Å². The summed E-state index contributed by atoms with van der Waals surface area (Å²) >= 11 is 0. The zero-order chi connectivity index (χ0) is 18.0. The molecule has 2 aromatic carbocycles. The van der Waals surface area contributed by atoms with Gasteiger partial charge < -0.3 is 10.6 Å². The standard InChI is InChI=1S/C19H25N3O2S.ClH/c1-3-22(4-2)25(23,24)18-8-9-19-16(13-18)10-11-21(19)14-15-6-5-7-17(20)12-15;/h5-9,12-13H,3-4,10-11,14,20H2,1-2H3;1H. The number of nitrogens with zero attached hydrogens (tertiary/aromatic N) is 2. The lowest BCUT2D eigenvalue weighted by molar-refractivity contribution is 0.445. The number of benzene rings is 2. The van der Waals surface area contributed by atoms with E-state index >= 15 is 0 Å². The van der Waals surface area contributed by atoms with Gasteiger partial charge in [-0.2, -0.15) is 4.31 Å². The molecule has 2 aromatic rings. The van der Waals surface area contributed by atoms with E-state index < -0.39 is 10.0 Å². The van der Waals surface area contributed by atoms with Gasteiger partial charge in [0.15, 0.2) is 0 Å². The van der Waals surface area contributed by atoms with E-state index in [1.165, 1.54) is 4.31 Å². The molecular formula is C19H26ClN3O2S. The highest BCUT2D eigenvalue weighted by molar-refractivity contribution is 7.89. The van der Waals surface area contributed by atoms with Gasteiger partial charge in [-0.1, -0.05) is 26.0 Å². The molecule has 0 fully saturated rings. The van der Waals surface area contributed by atoms with E-state index in [-0.39, 0.29) is 12.4 Å². The van der Waals surface area contributed by atoms with Gasteiger partial charge in [0, 0.05) is 37.6 Å². The van der Waals surface area contributed by atoms with E-state index in [4.69, 9.17) is 5.73 Å². The quantitative estimate of drug-likeness (QED) is 0.762. The van der Waals surface area contributed by atoms with Crippen LogP contribution < -0.4 is 10.6 Å². The van der Waals surface area contributed by atoms with Crippen molar-refractivity contribution in [2.75, 3.05) is 30.3 Å². The molecule has 5 nitrogen and oxygen atoms in total. The van der Waals surface area contributed by atoms with Crippen LogP contribution >= 0.6 is 12.4 Å². The predicted octanol–water partition coefficient (Wildman–Crippen LogP) is 3.28. The number of anilines is 2. The minimum absolute atomic E-state index is 0. The first-order chi connectivity index (χ1) is 12.0. The highest BCUT2D eigenvalue weighted by Gasteiger charge is 2.25. The van der Waals surface area contributed by atoms with E-state index in [0.29, 0.717) is 18.0 Å². The Morgan fingerprint density at radius 3 is 2.50 bits per heavy atom. The van der Waals surface area contributed by atoms with Crippen LogP contribution in [0.1, 0.15) is 25.0 Å². The molecular weight excluding hydrogens is 370 g/mol. The van der Waals surface area contributed by atoms with Gasteiger partial charge in [0.25, 0.3) is 0 Å². The van der Waals surface area contributed by atoms with Gasteiger partial charge in [0.05, 0.1) is 4.90 Å². The normalized spacial score (nSPS) is 13.6. The molecule has 7 heteroatoms. The first kappa shape index (κ1) is 20.6. The summed E-state index contributed by atoms with van der Waals surface area (Å²) in [6.07, 6.45) is 0.860. The van der Waals surface area contributed by atoms with Crippen molar-refractivity contribution in [2.24, 2.45) is 0 Å². The smallest absolute Gasteiger partial charge is 0.243 e. The van der Waals surface area contributed by atoms with Gasteiger partial charge in [-0.3, -0.25) is 0 Å². The average Bonchev–Trinajstić information content (AvgIpc) is 2.98. The van der Waals surface area contributed by atoms with Crippen LogP contribution in [0.2, 0.25) is 0 Å². The summed E-state index contributed by atoms with van der Waals surface area (Å²) in [5.41, 5.74) is 9.99. The van der Waals surface area contributed by atoms with Crippen molar-refractivity contribution in [2.45, 2.75) is 31.7 Å².